The van der Waals surface area contributed by atoms with Crippen molar-refractivity contribution in [2.45, 2.75) is 30.3 Å². The Morgan fingerprint density at radius 3 is 1.88 bits per heavy atom. The third-order valence-corrected chi connectivity index (χ3v) is 5.13. The lowest BCUT2D eigenvalue weighted by Crippen LogP contribution is -2.33. The first-order valence-electron chi connectivity index (χ1n) is 9.11. The minimum absolute atomic E-state index is 0.251. The van der Waals surface area contributed by atoms with Gasteiger partial charge < -0.3 is 14.2 Å². The molecule has 6 nitrogen and oxygen atoms in total. The van der Waals surface area contributed by atoms with Crippen LogP contribution in [0.3, 0.4) is 0 Å². The fourth-order valence-electron chi connectivity index (χ4n) is 2.30. The zero-order valence-electron chi connectivity index (χ0n) is 16.8. The van der Waals surface area contributed by atoms with Crippen LogP contribution in [0.5, 0.6) is 17.2 Å². The lowest BCUT2D eigenvalue weighted by Gasteiger charge is -2.18. The first-order valence-corrected chi connectivity index (χ1v) is 10.6. The van der Waals surface area contributed by atoms with E-state index in [0.717, 1.165) is 18.2 Å². The summed E-state index contributed by atoms with van der Waals surface area (Å²) in [7, 11) is -4.29. The van der Waals surface area contributed by atoms with Crippen LogP contribution in [0.15, 0.2) is 47.4 Å². The molecule has 33 heavy (non-hydrogen) atoms. The van der Waals surface area contributed by atoms with Crippen LogP contribution in [0.4, 0.5) is 36.4 Å². The maximum absolute atomic E-state index is 13.1. The number of rotatable bonds is 11. The molecule has 0 radical (unpaired) electrons. The fraction of sp³-hybridized carbons (Fsp3) is 0.368. The molecule has 0 aromatic heterocycles. The van der Waals surface area contributed by atoms with Gasteiger partial charge in [0, 0.05) is 18.2 Å². The van der Waals surface area contributed by atoms with Crippen LogP contribution < -0.4 is 18.9 Å². The highest BCUT2D eigenvalue weighted by atomic mass is 32.2. The normalized spacial score (nSPS) is 12.5. The van der Waals surface area contributed by atoms with Crippen LogP contribution in [0, 0.1) is 0 Å². The highest BCUT2D eigenvalue weighted by Gasteiger charge is 2.41. The summed E-state index contributed by atoms with van der Waals surface area (Å²) in [5.41, 5.74) is -0.418. The van der Waals surface area contributed by atoms with E-state index in [0.29, 0.717) is 12.4 Å². The first-order chi connectivity index (χ1) is 15.2. The zero-order valence-corrected chi connectivity index (χ0v) is 17.7. The molecule has 0 heterocycles. The second-order valence-electron chi connectivity index (χ2n) is 6.46. The van der Waals surface area contributed by atoms with Crippen molar-refractivity contribution in [2.75, 3.05) is 24.5 Å². The van der Waals surface area contributed by atoms with E-state index in [4.69, 9.17) is 4.74 Å². The van der Waals surface area contributed by atoms with E-state index in [1.807, 2.05) is 4.72 Å². The molecule has 0 aliphatic heterocycles. The molecule has 0 saturated heterocycles. The predicted molar refractivity (Wildman–Crippen MR) is 103 cm³/mol. The van der Waals surface area contributed by atoms with Crippen molar-refractivity contribution >= 4 is 15.7 Å². The van der Waals surface area contributed by atoms with Gasteiger partial charge in [0.05, 0.1) is 17.2 Å². The molecule has 0 atom stereocenters. The van der Waals surface area contributed by atoms with E-state index >= 15 is 0 Å². The maximum Gasteiger partial charge on any atom is 0.422 e. The van der Waals surface area contributed by atoms with Gasteiger partial charge in [-0.05, 0) is 31.2 Å². The second kappa shape index (κ2) is 10.4. The highest BCUT2D eigenvalue weighted by molar-refractivity contribution is 7.92. The van der Waals surface area contributed by atoms with Gasteiger partial charge in [-0.25, -0.2) is 17.2 Å². The summed E-state index contributed by atoms with van der Waals surface area (Å²) < 4.78 is 130. The summed E-state index contributed by atoms with van der Waals surface area (Å²) in [5.74, 6) is -5.39. The molecule has 0 fully saturated rings. The Morgan fingerprint density at radius 1 is 0.848 bits per heavy atom. The van der Waals surface area contributed by atoms with Crippen molar-refractivity contribution in [2.24, 2.45) is 0 Å². The van der Waals surface area contributed by atoms with Crippen LogP contribution in [0.1, 0.15) is 6.92 Å². The Kier molecular flexibility index (Phi) is 8.27. The van der Waals surface area contributed by atoms with Gasteiger partial charge in [0.2, 0.25) is 0 Å². The van der Waals surface area contributed by atoms with E-state index in [1.54, 1.807) is 6.92 Å². The third kappa shape index (κ3) is 8.18. The lowest BCUT2D eigenvalue weighted by atomic mass is 10.3. The Labute approximate surface area is 184 Å². The molecule has 0 unspecified atom stereocenters. The number of alkyl halides is 7. The standard InChI is InChI=1S/C19H18F7NO5S/c1-2-30-13-3-5-16(6-4-13)33(28,29)27-12-7-14(31-10-18(22,23)17(20)21)9-15(8-12)32-11-19(24,25)26/h3-9,17,27H,2,10-11H2,1H3. The molecule has 0 bridgehead atoms. The molecule has 0 saturated carbocycles. The molecular formula is C19H18F7NO5S. The smallest absolute Gasteiger partial charge is 0.422 e. The molecule has 2 rings (SSSR count). The van der Waals surface area contributed by atoms with Gasteiger partial charge in [0.25, 0.3) is 10.0 Å². The van der Waals surface area contributed by atoms with Crippen LogP contribution in [0.25, 0.3) is 0 Å². The Balaban J connectivity index is 2.30. The second-order valence-corrected chi connectivity index (χ2v) is 8.14. The van der Waals surface area contributed by atoms with E-state index in [-0.39, 0.29) is 4.90 Å². The van der Waals surface area contributed by atoms with E-state index in [2.05, 4.69) is 9.47 Å². The minimum Gasteiger partial charge on any atom is -0.494 e. The molecule has 0 aliphatic rings. The molecule has 0 amide bonds. The number of nitrogens with one attached hydrogen (secondary N) is 1. The Morgan fingerprint density at radius 2 is 1.39 bits per heavy atom. The average molecular weight is 505 g/mol. The van der Waals surface area contributed by atoms with Crippen LogP contribution in [0.2, 0.25) is 0 Å². The topological polar surface area (TPSA) is 73.9 Å². The van der Waals surface area contributed by atoms with E-state index in [9.17, 15) is 39.2 Å². The monoisotopic (exact) mass is 505 g/mol. The maximum atomic E-state index is 13.1. The number of ether oxygens (including phenoxy) is 3. The number of benzene rings is 2. The van der Waals surface area contributed by atoms with Gasteiger partial charge in [0.15, 0.2) is 13.2 Å². The van der Waals surface area contributed by atoms with Gasteiger partial charge in [0.1, 0.15) is 17.2 Å². The molecule has 1 N–H and O–H groups in total. The third-order valence-electron chi connectivity index (χ3n) is 3.73. The van der Waals surface area contributed by atoms with Crippen molar-refractivity contribution in [1.82, 2.24) is 0 Å². The zero-order chi connectivity index (χ0) is 24.9. The fourth-order valence-corrected chi connectivity index (χ4v) is 3.34. The van der Waals surface area contributed by atoms with Gasteiger partial charge in [-0.3, -0.25) is 4.72 Å². The first kappa shape index (κ1) is 26.4. The summed E-state index contributed by atoms with van der Waals surface area (Å²) in [4.78, 5) is -0.251. The van der Waals surface area contributed by atoms with E-state index < -0.39 is 58.9 Å². The summed E-state index contributed by atoms with van der Waals surface area (Å²) in [6.45, 7) is -1.54. The minimum atomic E-state index is -4.76. The molecular weight excluding hydrogens is 487 g/mol. The molecule has 2 aromatic rings. The van der Waals surface area contributed by atoms with Crippen molar-refractivity contribution in [1.29, 1.82) is 0 Å². The summed E-state index contributed by atoms with van der Waals surface area (Å²) in [6, 6.07) is 7.51. The van der Waals surface area contributed by atoms with Gasteiger partial charge >= 0.3 is 18.5 Å². The number of hydrogen-bond acceptors (Lipinski definition) is 5. The van der Waals surface area contributed by atoms with Crippen molar-refractivity contribution in [3.05, 3.63) is 42.5 Å². The Bertz CT molecular complexity index is 1030. The van der Waals surface area contributed by atoms with Crippen LogP contribution >= 0.6 is 0 Å². The van der Waals surface area contributed by atoms with E-state index in [1.165, 1.54) is 24.3 Å². The van der Waals surface area contributed by atoms with Gasteiger partial charge in [-0.1, -0.05) is 0 Å². The molecule has 14 heteroatoms. The number of hydrogen-bond donors (Lipinski definition) is 1. The number of anilines is 1. The molecule has 0 spiro atoms. The Hall–Kier alpha value is -2.90. The van der Waals surface area contributed by atoms with Crippen LogP contribution in [-0.2, 0) is 10.0 Å². The van der Waals surface area contributed by atoms with Crippen molar-refractivity contribution in [3.8, 4) is 17.2 Å². The van der Waals surface area contributed by atoms with Crippen LogP contribution in [-0.4, -0.2) is 46.8 Å². The van der Waals surface area contributed by atoms with Crippen molar-refractivity contribution in [3.63, 3.8) is 0 Å². The largest absolute Gasteiger partial charge is 0.494 e. The molecule has 2 aromatic carbocycles. The summed E-state index contributed by atoms with van der Waals surface area (Å²) >= 11 is 0. The average Bonchev–Trinajstić information content (AvgIpc) is 2.70. The predicted octanol–water partition coefficient (Wildman–Crippen LogP) is 5.11. The summed E-state index contributed by atoms with van der Waals surface area (Å²) in [5, 5.41) is 0. The quantitative estimate of drug-likeness (QED) is 0.430. The molecule has 184 valence electrons. The van der Waals surface area contributed by atoms with Gasteiger partial charge in [-0.15, -0.1) is 0 Å². The number of halogens is 7. The molecule has 0 aliphatic carbocycles. The van der Waals surface area contributed by atoms with Crippen molar-refractivity contribution < 1.29 is 53.4 Å². The highest BCUT2D eigenvalue weighted by Crippen LogP contribution is 2.31. The summed E-state index contributed by atoms with van der Waals surface area (Å²) in [6.07, 6.45) is -8.82. The number of sulfonamides is 1. The van der Waals surface area contributed by atoms with Gasteiger partial charge in [-0.2, -0.15) is 22.0 Å². The lowest BCUT2D eigenvalue weighted by molar-refractivity contribution is -0.153. The SMILES string of the molecule is CCOc1ccc(S(=O)(=O)Nc2cc(OCC(F)(F)F)cc(OCC(F)(F)C(F)F)c2)cc1.